The highest BCUT2D eigenvalue weighted by atomic mass is 32.1. The first-order chi connectivity index (χ1) is 9.13. The van der Waals surface area contributed by atoms with Gasteiger partial charge in [-0.25, -0.2) is 0 Å². The first kappa shape index (κ1) is 13.8. The maximum atomic E-state index is 11.7. The molecule has 0 unspecified atom stereocenters. The molecule has 0 atom stereocenters. The van der Waals surface area contributed by atoms with Crippen LogP contribution in [0.15, 0.2) is 24.3 Å². The molecule has 0 saturated heterocycles. The van der Waals surface area contributed by atoms with Crippen LogP contribution in [0.25, 0.3) is 10.9 Å². The molecule has 0 fully saturated rings. The van der Waals surface area contributed by atoms with E-state index in [2.05, 4.69) is 18.2 Å². The number of hydrogen-bond acceptors (Lipinski definition) is 5. The molecule has 4 nitrogen and oxygen atoms in total. The van der Waals surface area contributed by atoms with Crippen molar-refractivity contribution < 1.29 is 9.53 Å². The fourth-order valence-electron chi connectivity index (χ4n) is 1.92. The van der Waals surface area contributed by atoms with Crippen molar-refractivity contribution in [3.63, 3.8) is 0 Å². The van der Waals surface area contributed by atoms with Crippen LogP contribution in [0.4, 0.5) is 5.00 Å². The maximum absolute atomic E-state index is 11.7. The third-order valence-electron chi connectivity index (χ3n) is 2.85. The highest BCUT2D eigenvalue weighted by molar-refractivity contribution is 7.11. The highest BCUT2D eigenvalue weighted by Crippen LogP contribution is 2.32. The van der Waals surface area contributed by atoms with Crippen LogP contribution in [0.1, 0.15) is 20.8 Å². The van der Waals surface area contributed by atoms with Gasteiger partial charge in [0.15, 0.2) is 0 Å². The molecule has 0 amide bonds. The Morgan fingerprint density at radius 3 is 2.84 bits per heavy atom. The van der Waals surface area contributed by atoms with E-state index in [9.17, 15) is 4.79 Å². The minimum Gasteiger partial charge on any atom is -0.465 e. The Bertz CT molecular complexity index is 565. The summed E-state index contributed by atoms with van der Waals surface area (Å²) in [5.41, 5.74) is 0.969. The standard InChI is InChI=1S/C14H18N2O2S/c1-4-18-13(17)9-16(10(2)3)14-11-7-5-6-8-12(11)15-19-14/h5-8,10H,4,9H2,1-3H3. The lowest BCUT2D eigenvalue weighted by Gasteiger charge is -2.26. The van der Waals surface area contributed by atoms with Gasteiger partial charge in [0.2, 0.25) is 0 Å². The molecule has 1 heterocycles. The van der Waals surface area contributed by atoms with Crippen LogP contribution in [0.2, 0.25) is 0 Å². The van der Waals surface area contributed by atoms with Crippen LogP contribution in [0, 0.1) is 0 Å². The number of nitrogens with zero attached hydrogens (tertiary/aromatic N) is 2. The molecule has 0 spiro atoms. The molecule has 5 heteroatoms. The second-order valence-electron chi connectivity index (χ2n) is 4.53. The van der Waals surface area contributed by atoms with Gasteiger partial charge in [0.25, 0.3) is 0 Å². The molecule has 0 aliphatic rings. The molecule has 0 saturated carbocycles. The summed E-state index contributed by atoms with van der Waals surface area (Å²) in [5.74, 6) is -0.200. The van der Waals surface area contributed by atoms with E-state index in [1.807, 2.05) is 36.1 Å². The minimum atomic E-state index is -0.200. The monoisotopic (exact) mass is 278 g/mol. The third kappa shape index (κ3) is 3.04. The van der Waals surface area contributed by atoms with Gasteiger partial charge in [-0.3, -0.25) is 4.79 Å². The Morgan fingerprint density at radius 2 is 2.16 bits per heavy atom. The van der Waals surface area contributed by atoms with Gasteiger partial charge in [0, 0.05) is 11.4 Å². The lowest BCUT2D eigenvalue weighted by atomic mass is 10.2. The van der Waals surface area contributed by atoms with E-state index < -0.39 is 0 Å². The second-order valence-corrected chi connectivity index (χ2v) is 5.28. The van der Waals surface area contributed by atoms with Gasteiger partial charge in [-0.2, -0.15) is 4.37 Å². The zero-order chi connectivity index (χ0) is 13.8. The zero-order valence-corrected chi connectivity index (χ0v) is 12.2. The maximum Gasteiger partial charge on any atom is 0.325 e. The summed E-state index contributed by atoms with van der Waals surface area (Å²) in [4.78, 5) is 13.7. The molecule has 0 N–H and O–H groups in total. The molecule has 0 aliphatic heterocycles. The molecule has 2 rings (SSSR count). The summed E-state index contributed by atoms with van der Waals surface area (Å²) in [6.45, 7) is 6.62. The van der Waals surface area contributed by atoms with Crippen LogP contribution in [0.5, 0.6) is 0 Å². The number of carbonyl (C=O) groups is 1. The highest BCUT2D eigenvalue weighted by Gasteiger charge is 2.19. The molecule has 0 radical (unpaired) electrons. The van der Waals surface area contributed by atoms with Crippen molar-refractivity contribution in [3.8, 4) is 0 Å². The van der Waals surface area contributed by atoms with Crippen LogP contribution < -0.4 is 4.90 Å². The van der Waals surface area contributed by atoms with Gasteiger partial charge in [0.1, 0.15) is 11.5 Å². The molecule has 2 aromatic rings. The Kier molecular flexibility index (Phi) is 4.37. The summed E-state index contributed by atoms with van der Waals surface area (Å²) in [7, 11) is 0. The topological polar surface area (TPSA) is 42.4 Å². The number of ether oxygens (including phenoxy) is 1. The molecule has 102 valence electrons. The average molecular weight is 278 g/mol. The van der Waals surface area contributed by atoms with Gasteiger partial charge < -0.3 is 9.64 Å². The van der Waals surface area contributed by atoms with Crippen molar-refractivity contribution in [2.75, 3.05) is 18.1 Å². The predicted molar refractivity (Wildman–Crippen MR) is 78.7 cm³/mol. The molecule has 0 bridgehead atoms. The second kappa shape index (κ2) is 6.02. The van der Waals surface area contributed by atoms with E-state index in [4.69, 9.17) is 4.74 Å². The molecular weight excluding hydrogens is 260 g/mol. The summed E-state index contributed by atoms with van der Waals surface area (Å²) in [5, 5.41) is 2.11. The number of esters is 1. The number of anilines is 1. The van der Waals surface area contributed by atoms with E-state index in [1.165, 1.54) is 11.5 Å². The fraction of sp³-hybridized carbons (Fsp3) is 0.429. The summed E-state index contributed by atoms with van der Waals surface area (Å²) in [6.07, 6.45) is 0. The van der Waals surface area contributed by atoms with Crippen molar-refractivity contribution in [2.45, 2.75) is 26.8 Å². The van der Waals surface area contributed by atoms with Crippen molar-refractivity contribution in [3.05, 3.63) is 24.3 Å². The fourth-order valence-corrected chi connectivity index (χ4v) is 2.91. The molecule has 1 aromatic carbocycles. The van der Waals surface area contributed by atoms with Crippen molar-refractivity contribution in [1.82, 2.24) is 4.37 Å². The Labute approximate surface area is 117 Å². The Balaban J connectivity index is 2.31. The molecule has 19 heavy (non-hydrogen) atoms. The summed E-state index contributed by atoms with van der Waals surface area (Å²) in [6, 6.07) is 8.20. The number of carbonyl (C=O) groups excluding carboxylic acids is 1. The third-order valence-corrected chi connectivity index (χ3v) is 3.77. The lowest BCUT2D eigenvalue weighted by molar-refractivity contribution is -0.141. The van der Waals surface area contributed by atoms with E-state index in [1.54, 1.807) is 0 Å². The van der Waals surface area contributed by atoms with Gasteiger partial charge in [-0.1, -0.05) is 12.1 Å². The SMILES string of the molecule is CCOC(=O)CN(c1snc2ccccc12)C(C)C. The zero-order valence-electron chi connectivity index (χ0n) is 11.4. The van der Waals surface area contributed by atoms with Crippen LogP contribution in [-0.4, -0.2) is 29.5 Å². The number of fused-ring (bicyclic) bond motifs is 1. The van der Waals surface area contributed by atoms with Crippen LogP contribution >= 0.6 is 11.5 Å². The van der Waals surface area contributed by atoms with Crippen molar-refractivity contribution in [1.29, 1.82) is 0 Å². The normalized spacial score (nSPS) is 10.9. The van der Waals surface area contributed by atoms with Gasteiger partial charge in [-0.05, 0) is 44.4 Å². The number of rotatable bonds is 5. The van der Waals surface area contributed by atoms with Crippen molar-refractivity contribution in [2.24, 2.45) is 0 Å². The smallest absolute Gasteiger partial charge is 0.325 e. The predicted octanol–water partition coefficient (Wildman–Crippen LogP) is 3.07. The Hall–Kier alpha value is -1.62. The van der Waals surface area contributed by atoms with E-state index in [0.717, 1.165) is 15.9 Å². The molecule has 0 aliphatic carbocycles. The van der Waals surface area contributed by atoms with E-state index >= 15 is 0 Å². The van der Waals surface area contributed by atoms with E-state index in [-0.39, 0.29) is 18.6 Å². The van der Waals surface area contributed by atoms with Crippen LogP contribution in [-0.2, 0) is 9.53 Å². The largest absolute Gasteiger partial charge is 0.465 e. The van der Waals surface area contributed by atoms with Gasteiger partial charge in [-0.15, -0.1) is 0 Å². The van der Waals surface area contributed by atoms with Crippen LogP contribution in [0.3, 0.4) is 0 Å². The lowest BCUT2D eigenvalue weighted by Crippen LogP contribution is -2.36. The first-order valence-corrected chi connectivity index (χ1v) is 7.17. The number of aromatic nitrogens is 1. The number of benzene rings is 1. The molecule has 1 aromatic heterocycles. The Morgan fingerprint density at radius 1 is 1.42 bits per heavy atom. The summed E-state index contributed by atoms with van der Waals surface area (Å²) >= 11 is 1.43. The summed E-state index contributed by atoms with van der Waals surface area (Å²) < 4.78 is 9.46. The average Bonchev–Trinajstić information content (AvgIpc) is 2.79. The minimum absolute atomic E-state index is 0.200. The van der Waals surface area contributed by atoms with Gasteiger partial charge >= 0.3 is 5.97 Å². The number of hydrogen-bond donors (Lipinski definition) is 0. The van der Waals surface area contributed by atoms with Crippen molar-refractivity contribution >= 4 is 33.4 Å². The van der Waals surface area contributed by atoms with E-state index in [0.29, 0.717) is 6.61 Å². The van der Waals surface area contributed by atoms with Gasteiger partial charge in [0.05, 0.1) is 12.1 Å². The molecular formula is C14H18N2O2S. The quantitative estimate of drug-likeness (QED) is 0.788. The first-order valence-electron chi connectivity index (χ1n) is 6.40.